The number of hydrogen-bond acceptors (Lipinski definition) is 1. The molecule has 1 heterocycles. The van der Waals surface area contributed by atoms with Crippen LogP contribution in [0.15, 0.2) is 22.3 Å². The van der Waals surface area contributed by atoms with E-state index in [1.165, 1.54) is 26.1 Å². The molecule has 0 radical (unpaired) electrons. The van der Waals surface area contributed by atoms with Crippen LogP contribution in [0.3, 0.4) is 0 Å². The van der Waals surface area contributed by atoms with Gasteiger partial charge in [-0.2, -0.15) is 0 Å². The zero-order chi connectivity index (χ0) is 10.1. The maximum absolute atomic E-state index is 2.28. The quantitative estimate of drug-likeness (QED) is 0.655. The Hall–Kier alpha value is -0.350. The molecule has 2 rings (SSSR count). The molecule has 0 fully saturated rings. The van der Waals surface area contributed by atoms with Crippen LogP contribution >= 0.6 is 33.9 Å². The van der Waals surface area contributed by atoms with Crippen molar-refractivity contribution in [2.75, 3.05) is 0 Å². The lowest BCUT2D eigenvalue weighted by Gasteiger charge is -1.97. The number of aryl methyl sites for hydroxylation is 2. The summed E-state index contributed by atoms with van der Waals surface area (Å²) >= 11 is 4.13. The van der Waals surface area contributed by atoms with Gasteiger partial charge in [-0.15, -0.1) is 11.3 Å². The molecule has 0 aliphatic heterocycles. The van der Waals surface area contributed by atoms with Gasteiger partial charge in [-0.05, 0) is 46.6 Å². The van der Waals surface area contributed by atoms with Gasteiger partial charge in [-0.1, -0.05) is 34.7 Å². The summed E-state index contributed by atoms with van der Waals surface area (Å²) in [4.78, 5) is 1.34. The van der Waals surface area contributed by atoms with E-state index < -0.39 is 0 Å². The lowest BCUT2D eigenvalue weighted by Crippen LogP contribution is -1.75. The standard InChI is InChI=1S/C12H11IS/c1-8-3-4-9(2)12-11(8)7-10(14-12)5-6-13/h3-7H,1-2H3/b6-5+. The van der Waals surface area contributed by atoms with Crippen molar-refractivity contribution >= 4 is 50.1 Å². The second-order valence-corrected chi connectivity index (χ2v) is 5.19. The molecule has 72 valence electrons. The molecule has 1 aromatic carbocycles. The van der Waals surface area contributed by atoms with Gasteiger partial charge in [0.25, 0.3) is 0 Å². The highest BCUT2D eigenvalue weighted by Crippen LogP contribution is 2.31. The topological polar surface area (TPSA) is 0 Å². The Morgan fingerprint density at radius 1 is 1.21 bits per heavy atom. The van der Waals surface area contributed by atoms with E-state index in [0.717, 1.165) is 0 Å². The molecule has 1 aromatic heterocycles. The molecule has 0 aliphatic carbocycles. The van der Waals surface area contributed by atoms with Crippen LogP contribution in [-0.4, -0.2) is 0 Å². The van der Waals surface area contributed by atoms with E-state index in [0.29, 0.717) is 0 Å². The summed E-state index contributed by atoms with van der Waals surface area (Å²) in [6.07, 6.45) is 2.16. The number of thiophene rings is 1. The minimum atomic E-state index is 1.34. The Bertz CT molecular complexity index is 455. The van der Waals surface area contributed by atoms with Crippen LogP contribution in [0.4, 0.5) is 0 Å². The first kappa shape index (κ1) is 10.2. The molecule has 0 bridgehead atoms. The first-order valence-electron chi connectivity index (χ1n) is 4.49. The van der Waals surface area contributed by atoms with E-state index in [2.05, 4.69) is 64.8 Å². The minimum absolute atomic E-state index is 1.34. The summed E-state index contributed by atoms with van der Waals surface area (Å²) in [6, 6.07) is 6.67. The highest BCUT2D eigenvalue weighted by molar-refractivity contribution is 14.1. The van der Waals surface area contributed by atoms with Crippen molar-refractivity contribution in [1.82, 2.24) is 0 Å². The molecular weight excluding hydrogens is 303 g/mol. The molecule has 0 unspecified atom stereocenters. The molecule has 2 aromatic rings. The SMILES string of the molecule is Cc1ccc(C)c2sc(/C=C/I)cc12. The van der Waals surface area contributed by atoms with Gasteiger partial charge in [-0.3, -0.25) is 0 Å². The molecule has 0 amide bonds. The van der Waals surface area contributed by atoms with Crippen LogP contribution in [0.2, 0.25) is 0 Å². The summed E-state index contributed by atoms with van der Waals surface area (Å²) in [7, 11) is 0. The monoisotopic (exact) mass is 314 g/mol. The predicted molar refractivity (Wildman–Crippen MR) is 74.4 cm³/mol. The van der Waals surface area contributed by atoms with Gasteiger partial charge >= 0.3 is 0 Å². The molecule has 2 heteroatoms. The summed E-state index contributed by atoms with van der Waals surface area (Å²) in [5.74, 6) is 0. The van der Waals surface area contributed by atoms with Gasteiger partial charge in [0.1, 0.15) is 0 Å². The van der Waals surface area contributed by atoms with Crippen molar-refractivity contribution in [2.24, 2.45) is 0 Å². The van der Waals surface area contributed by atoms with E-state index in [4.69, 9.17) is 0 Å². The molecule has 0 N–H and O–H groups in total. The van der Waals surface area contributed by atoms with E-state index in [-0.39, 0.29) is 0 Å². The van der Waals surface area contributed by atoms with Gasteiger partial charge in [0.15, 0.2) is 0 Å². The smallest absolute Gasteiger partial charge is 0.0381 e. The van der Waals surface area contributed by atoms with E-state index in [1.807, 2.05) is 11.3 Å². The van der Waals surface area contributed by atoms with Crippen LogP contribution in [0.1, 0.15) is 16.0 Å². The van der Waals surface area contributed by atoms with Gasteiger partial charge < -0.3 is 0 Å². The Labute approximate surface area is 102 Å². The Morgan fingerprint density at radius 3 is 2.57 bits per heavy atom. The highest BCUT2D eigenvalue weighted by atomic mass is 127. The number of fused-ring (bicyclic) bond motifs is 1. The first-order chi connectivity index (χ1) is 6.72. The fourth-order valence-electron chi connectivity index (χ4n) is 1.56. The zero-order valence-corrected chi connectivity index (χ0v) is 11.1. The Kier molecular flexibility index (Phi) is 2.93. The minimum Gasteiger partial charge on any atom is -0.136 e. The average Bonchev–Trinajstić information content (AvgIpc) is 2.57. The molecule has 0 nitrogen and oxygen atoms in total. The van der Waals surface area contributed by atoms with Crippen molar-refractivity contribution in [3.63, 3.8) is 0 Å². The summed E-state index contributed by atoms with van der Waals surface area (Å²) in [5.41, 5.74) is 2.75. The normalized spacial score (nSPS) is 11.6. The second-order valence-electron chi connectivity index (χ2n) is 3.38. The van der Waals surface area contributed by atoms with Crippen LogP contribution in [0, 0.1) is 13.8 Å². The molecular formula is C12H11IS. The maximum atomic E-state index is 2.28. The number of rotatable bonds is 1. The van der Waals surface area contributed by atoms with E-state index in [9.17, 15) is 0 Å². The number of benzene rings is 1. The molecule has 0 spiro atoms. The van der Waals surface area contributed by atoms with Gasteiger partial charge in [0.05, 0.1) is 0 Å². The van der Waals surface area contributed by atoms with Gasteiger partial charge in [0.2, 0.25) is 0 Å². The third-order valence-corrected chi connectivity index (χ3v) is 3.94. The molecule has 0 saturated carbocycles. The third kappa shape index (κ3) is 1.73. The van der Waals surface area contributed by atoms with Gasteiger partial charge in [0, 0.05) is 9.58 Å². The van der Waals surface area contributed by atoms with Crippen molar-refractivity contribution < 1.29 is 0 Å². The summed E-state index contributed by atoms with van der Waals surface area (Å²) in [5, 5.41) is 1.40. The van der Waals surface area contributed by atoms with Crippen molar-refractivity contribution in [1.29, 1.82) is 0 Å². The fourth-order valence-corrected chi connectivity index (χ4v) is 3.29. The molecule has 0 aliphatic rings. The van der Waals surface area contributed by atoms with Crippen molar-refractivity contribution in [3.8, 4) is 0 Å². The number of halogens is 1. The lowest BCUT2D eigenvalue weighted by molar-refractivity contribution is 1.48. The van der Waals surface area contributed by atoms with E-state index >= 15 is 0 Å². The lowest BCUT2D eigenvalue weighted by atomic mass is 10.1. The van der Waals surface area contributed by atoms with Gasteiger partial charge in [-0.25, -0.2) is 0 Å². The largest absolute Gasteiger partial charge is 0.136 e. The molecule has 14 heavy (non-hydrogen) atoms. The van der Waals surface area contributed by atoms with Crippen LogP contribution < -0.4 is 0 Å². The van der Waals surface area contributed by atoms with Crippen LogP contribution in [0.5, 0.6) is 0 Å². The Morgan fingerprint density at radius 2 is 1.93 bits per heavy atom. The second kappa shape index (κ2) is 4.03. The summed E-state index contributed by atoms with van der Waals surface area (Å²) in [6.45, 7) is 4.35. The van der Waals surface area contributed by atoms with E-state index in [1.54, 1.807) is 0 Å². The highest BCUT2D eigenvalue weighted by Gasteiger charge is 2.04. The number of hydrogen-bond donors (Lipinski definition) is 0. The van der Waals surface area contributed by atoms with Crippen molar-refractivity contribution in [3.05, 3.63) is 38.3 Å². The fraction of sp³-hybridized carbons (Fsp3) is 0.167. The third-order valence-electron chi connectivity index (χ3n) is 2.34. The zero-order valence-electron chi connectivity index (χ0n) is 8.17. The van der Waals surface area contributed by atoms with Crippen LogP contribution in [0.25, 0.3) is 16.2 Å². The van der Waals surface area contributed by atoms with Crippen molar-refractivity contribution in [2.45, 2.75) is 13.8 Å². The Balaban J connectivity index is 2.75. The predicted octanol–water partition coefficient (Wildman–Crippen LogP) is 4.92. The molecule has 0 saturated heterocycles. The summed E-state index contributed by atoms with van der Waals surface area (Å²) < 4.78 is 3.49. The first-order valence-corrected chi connectivity index (χ1v) is 6.55. The molecule has 0 atom stereocenters. The van der Waals surface area contributed by atoms with Crippen LogP contribution in [-0.2, 0) is 0 Å². The average molecular weight is 314 g/mol. The maximum Gasteiger partial charge on any atom is 0.0381 e.